The minimum atomic E-state index is 0.567. The molecular weight excluding hydrogens is 737 g/mol. The first-order valence-corrected chi connectivity index (χ1v) is 19.8. The van der Waals surface area contributed by atoms with Crippen LogP contribution in [0.1, 0.15) is 5.56 Å². The third-order valence-electron chi connectivity index (χ3n) is 11.5. The van der Waals surface area contributed by atoms with Crippen LogP contribution >= 0.6 is 0 Å². The number of nitrogens with zero attached hydrogens (tertiary/aromatic N) is 4. The molecule has 0 unspecified atom stereocenters. The topological polar surface area (TPSA) is 88.7 Å². The van der Waals surface area contributed by atoms with E-state index < -0.39 is 0 Å². The van der Waals surface area contributed by atoms with E-state index in [1.807, 2.05) is 84.9 Å². The Balaban J connectivity index is 1.01. The van der Waals surface area contributed by atoms with Crippen molar-refractivity contribution < 1.29 is 8.83 Å². The molecule has 0 saturated heterocycles. The molecule has 278 valence electrons. The summed E-state index contributed by atoms with van der Waals surface area (Å²) >= 11 is 0. The molecule has 12 aromatic rings. The summed E-state index contributed by atoms with van der Waals surface area (Å²) in [6, 6.07) is 64.1. The van der Waals surface area contributed by atoms with Gasteiger partial charge in [0.05, 0.1) is 11.6 Å². The minimum Gasteiger partial charge on any atom is -0.456 e. The first-order valence-electron chi connectivity index (χ1n) is 19.8. The quantitative estimate of drug-likeness (QED) is 0.162. The van der Waals surface area contributed by atoms with E-state index in [0.29, 0.717) is 23.0 Å². The fraction of sp³-hybridized carbons (Fsp3) is 0. The summed E-state index contributed by atoms with van der Waals surface area (Å²) in [7, 11) is 0. The van der Waals surface area contributed by atoms with Gasteiger partial charge >= 0.3 is 0 Å². The lowest BCUT2D eigenvalue weighted by molar-refractivity contribution is 0.669. The molecule has 0 bridgehead atoms. The van der Waals surface area contributed by atoms with E-state index in [0.717, 1.165) is 104 Å². The molecule has 0 aliphatic carbocycles. The van der Waals surface area contributed by atoms with E-state index in [1.54, 1.807) is 0 Å². The number of nitriles is 1. The van der Waals surface area contributed by atoms with Crippen molar-refractivity contribution >= 4 is 65.4 Å². The van der Waals surface area contributed by atoms with Gasteiger partial charge in [0.2, 0.25) is 0 Å². The van der Waals surface area contributed by atoms with Crippen LogP contribution in [0.5, 0.6) is 0 Å². The summed E-state index contributed by atoms with van der Waals surface area (Å²) in [4.78, 5) is 15.1. The van der Waals surface area contributed by atoms with Crippen molar-refractivity contribution in [3.05, 3.63) is 188 Å². The smallest absolute Gasteiger partial charge is 0.164 e. The summed E-state index contributed by atoms with van der Waals surface area (Å²) in [6.45, 7) is 0. The van der Waals surface area contributed by atoms with Crippen molar-refractivity contribution in [1.29, 1.82) is 5.26 Å². The van der Waals surface area contributed by atoms with Crippen LogP contribution in [-0.2, 0) is 0 Å². The molecule has 0 aliphatic rings. The third kappa shape index (κ3) is 5.45. The molecule has 6 heteroatoms. The van der Waals surface area contributed by atoms with Crippen molar-refractivity contribution in [2.24, 2.45) is 0 Å². The minimum absolute atomic E-state index is 0.567. The Bertz CT molecular complexity index is 3740. The molecule has 60 heavy (non-hydrogen) atoms. The molecule has 9 aromatic carbocycles. The first-order chi connectivity index (χ1) is 29.6. The second-order valence-corrected chi connectivity index (χ2v) is 15.1. The molecule has 0 atom stereocenters. The molecule has 3 aromatic heterocycles. The maximum absolute atomic E-state index is 9.59. The van der Waals surface area contributed by atoms with E-state index in [1.165, 1.54) is 0 Å². The van der Waals surface area contributed by atoms with Gasteiger partial charge in [-0.15, -0.1) is 0 Å². The highest BCUT2D eigenvalue weighted by atomic mass is 16.3. The van der Waals surface area contributed by atoms with Crippen LogP contribution in [0.4, 0.5) is 0 Å². The van der Waals surface area contributed by atoms with Crippen LogP contribution in [0.2, 0.25) is 0 Å². The highest BCUT2D eigenvalue weighted by Gasteiger charge is 2.19. The van der Waals surface area contributed by atoms with E-state index in [9.17, 15) is 5.26 Å². The molecule has 12 rings (SSSR count). The van der Waals surface area contributed by atoms with Gasteiger partial charge in [0.15, 0.2) is 17.5 Å². The number of rotatable bonds is 5. The zero-order valence-corrected chi connectivity index (χ0v) is 31.9. The third-order valence-corrected chi connectivity index (χ3v) is 11.5. The molecule has 3 heterocycles. The summed E-state index contributed by atoms with van der Waals surface area (Å²) in [5.41, 5.74) is 10.7. The zero-order valence-electron chi connectivity index (χ0n) is 31.9. The van der Waals surface area contributed by atoms with Crippen LogP contribution in [0.15, 0.2) is 191 Å². The van der Waals surface area contributed by atoms with Gasteiger partial charge in [0.25, 0.3) is 0 Å². The van der Waals surface area contributed by atoms with Crippen LogP contribution in [0.25, 0.3) is 122 Å². The van der Waals surface area contributed by atoms with Crippen molar-refractivity contribution in [2.45, 2.75) is 0 Å². The Kier molecular flexibility index (Phi) is 7.50. The fourth-order valence-corrected chi connectivity index (χ4v) is 8.64. The van der Waals surface area contributed by atoms with Crippen molar-refractivity contribution in [1.82, 2.24) is 15.0 Å². The Morgan fingerprint density at radius 3 is 1.62 bits per heavy atom. The Morgan fingerprint density at radius 2 is 0.850 bits per heavy atom. The second kappa shape index (κ2) is 13.3. The SMILES string of the molecule is N#Cc1cccc(-c2ccc3c4ccc(-c5cccc(-c6nc(-c7ccccc7)nc(-c7ccc8c(c7)oc7ccccc78)n6)c5)cc4c4oc5ccccc5c4c3c2)c1. The number of fused-ring (bicyclic) bond motifs is 11. The summed E-state index contributed by atoms with van der Waals surface area (Å²) < 4.78 is 13.0. The summed E-state index contributed by atoms with van der Waals surface area (Å²) in [6.07, 6.45) is 0. The average molecular weight is 767 g/mol. The van der Waals surface area contributed by atoms with Gasteiger partial charge < -0.3 is 8.83 Å². The number of aromatic nitrogens is 3. The van der Waals surface area contributed by atoms with Gasteiger partial charge in [-0.2, -0.15) is 5.26 Å². The molecule has 0 saturated carbocycles. The molecule has 0 radical (unpaired) electrons. The maximum Gasteiger partial charge on any atom is 0.164 e. The molecule has 6 nitrogen and oxygen atoms in total. The number of hydrogen-bond acceptors (Lipinski definition) is 6. The van der Waals surface area contributed by atoms with Crippen molar-refractivity contribution in [3.8, 4) is 62.5 Å². The molecule has 0 aliphatic heterocycles. The Morgan fingerprint density at radius 1 is 0.333 bits per heavy atom. The predicted molar refractivity (Wildman–Crippen MR) is 241 cm³/mol. The lowest BCUT2D eigenvalue weighted by atomic mass is 9.91. The maximum atomic E-state index is 9.59. The largest absolute Gasteiger partial charge is 0.456 e. The number of para-hydroxylation sites is 2. The summed E-state index contributed by atoms with van der Waals surface area (Å²) in [5.74, 6) is 1.74. The predicted octanol–water partition coefficient (Wildman–Crippen LogP) is 14.2. The van der Waals surface area contributed by atoms with Gasteiger partial charge in [0, 0.05) is 43.6 Å². The van der Waals surface area contributed by atoms with Crippen molar-refractivity contribution in [3.63, 3.8) is 0 Å². The first kappa shape index (κ1) is 33.7. The van der Waals surface area contributed by atoms with Crippen LogP contribution in [-0.4, -0.2) is 15.0 Å². The summed E-state index contributed by atoms with van der Waals surface area (Å²) in [5, 5.41) is 18.2. The van der Waals surface area contributed by atoms with Crippen LogP contribution in [0.3, 0.4) is 0 Å². The molecule has 0 spiro atoms. The zero-order chi connectivity index (χ0) is 39.7. The lowest BCUT2D eigenvalue weighted by Gasteiger charge is -2.12. The van der Waals surface area contributed by atoms with Gasteiger partial charge in [-0.3, -0.25) is 0 Å². The van der Waals surface area contributed by atoms with Gasteiger partial charge in [-0.25, -0.2) is 15.0 Å². The number of furan rings is 2. The van der Waals surface area contributed by atoms with Crippen LogP contribution < -0.4 is 0 Å². The normalized spacial score (nSPS) is 11.7. The van der Waals surface area contributed by atoms with E-state index in [2.05, 4.69) is 103 Å². The highest BCUT2D eigenvalue weighted by Crippen LogP contribution is 2.43. The standard InChI is InChI=1S/C54H30N4O2/c55-31-32-10-8-13-34(26-32)36-20-23-40-41-24-21-37(29-46(41)51-50(45(40)28-36)44-17-5-7-19-48(44)60-51)35-14-9-15-38(27-35)53-56-52(33-11-2-1-3-12-33)57-54(58-53)39-22-25-43-42-16-4-6-18-47(42)59-49(43)30-39/h1-30H. The fourth-order valence-electron chi connectivity index (χ4n) is 8.64. The van der Waals surface area contributed by atoms with Gasteiger partial charge in [-0.1, -0.05) is 127 Å². The number of hydrogen-bond donors (Lipinski definition) is 0. The number of benzene rings is 9. The Hall–Kier alpha value is -8.40. The van der Waals surface area contributed by atoms with E-state index >= 15 is 0 Å². The van der Waals surface area contributed by atoms with Crippen molar-refractivity contribution in [2.75, 3.05) is 0 Å². The lowest BCUT2D eigenvalue weighted by Crippen LogP contribution is -2.00. The van der Waals surface area contributed by atoms with Crippen LogP contribution in [0, 0.1) is 11.3 Å². The van der Waals surface area contributed by atoms with Gasteiger partial charge in [-0.05, 0) is 93.0 Å². The molecule has 0 fully saturated rings. The molecular formula is C54H30N4O2. The monoisotopic (exact) mass is 766 g/mol. The van der Waals surface area contributed by atoms with Gasteiger partial charge in [0.1, 0.15) is 22.3 Å². The Labute approximate surface area is 343 Å². The van der Waals surface area contributed by atoms with E-state index in [-0.39, 0.29) is 0 Å². The molecule has 0 amide bonds. The highest BCUT2D eigenvalue weighted by molar-refractivity contribution is 6.31. The van der Waals surface area contributed by atoms with E-state index in [4.69, 9.17) is 23.8 Å². The second-order valence-electron chi connectivity index (χ2n) is 15.1. The average Bonchev–Trinajstić information content (AvgIpc) is 3.90. The molecule has 0 N–H and O–H groups in total.